The molecule has 0 radical (unpaired) electrons. The number of carbonyl (C=O) groups excluding carboxylic acids is 1. The summed E-state index contributed by atoms with van der Waals surface area (Å²) in [5.74, 6) is 0.300. The van der Waals surface area contributed by atoms with Gasteiger partial charge >= 0.3 is 5.97 Å². The molecule has 2 N–H and O–H groups in total. The maximum atomic E-state index is 11.8. The van der Waals surface area contributed by atoms with Crippen molar-refractivity contribution in [3.8, 4) is 0 Å². The lowest BCUT2D eigenvalue weighted by Gasteiger charge is -2.18. The number of aromatic nitrogens is 1. The Kier molecular flexibility index (Phi) is 5.16. The van der Waals surface area contributed by atoms with Crippen LogP contribution in [0.3, 0.4) is 0 Å². The second-order valence-corrected chi connectivity index (χ2v) is 5.63. The third kappa shape index (κ3) is 3.95. The monoisotopic (exact) mass is 305 g/mol. The molecular weight excluding hydrogens is 286 g/mol. The molecule has 2 aromatic heterocycles. The molecule has 5 nitrogen and oxygen atoms in total. The summed E-state index contributed by atoms with van der Waals surface area (Å²) in [6.45, 7) is 2.91. The first kappa shape index (κ1) is 15.3. The van der Waals surface area contributed by atoms with Crippen molar-refractivity contribution in [1.29, 1.82) is 0 Å². The summed E-state index contributed by atoms with van der Waals surface area (Å²) >= 11 is 1.74. The minimum Gasteiger partial charge on any atom is -0.462 e. The van der Waals surface area contributed by atoms with E-state index in [0.717, 1.165) is 13.0 Å². The van der Waals surface area contributed by atoms with Crippen molar-refractivity contribution < 1.29 is 9.53 Å². The number of esters is 1. The minimum absolute atomic E-state index is 0.324. The van der Waals surface area contributed by atoms with Crippen molar-refractivity contribution in [1.82, 2.24) is 4.98 Å². The zero-order valence-corrected chi connectivity index (χ0v) is 13.0. The molecule has 0 fully saturated rings. The van der Waals surface area contributed by atoms with Gasteiger partial charge in [-0.1, -0.05) is 6.07 Å². The molecular formula is C15H19N3O2S. The fourth-order valence-corrected chi connectivity index (χ4v) is 2.59. The molecule has 0 aliphatic rings. The van der Waals surface area contributed by atoms with Gasteiger partial charge in [-0.2, -0.15) is 0 Å². The van der Waals surface area contributed by atoms with E-state index in [4.69, 9.17) is 10.5 Å². The van der Waals surface area contributed by atoms with Crippen LogP contribution >= 0.6 is 11.3 Å². The molecule has 0 aliphatic heterocycles. The number of likely N-dealkylation sites (N-methyl/N-ethyl adjacent to an activating group) is 1. The summed E-state index contributed by atoms with van der Waals surface area (Å²) in [7, 11) is 1.95. The molecule has 6 heteroatoms. The molecule has 0 aromatic carbocycles. The average molecular weight is 305 g/mol. The summed E-state index contributed by atoms with van der Waals surface area (Å²) in [5, 5.41) is 2.07. The summed E-state index contributed by atoms with van der Waals surface area (Å²) in [5.41, 5.74) is 6.49. The fraction of sp³-hybridized carbons (Fsp3) is 0.333. The van der Waals surface area contributed by atoms with Crippen LogP contribution in [0.4, 0.5) is 11.5 Å². The lowest BCUT2D eigenvalue weighted by atomic mass is 10.2. The van der Waals surface area contributed by atoms with Crippen LogP contribution in [-0.4, -0.2) is 31.2 Å². The third-order valence-corrected chi connectivity index (χ3v) is 4.02. The maximum Gasteiger partial charge on any atom is 0.340 e. The van der Waals surface area contributed by atoms with Crippen LogP contribution < -0.4 is 10.6 Å². The van der Waals surface area contributed by atoms with Gasteiger partial charge in [0.2, 0.25) is 0 Å². The summed E-state index contributed by atoms with van der Waals surface area (Å²) in [6.07, 6.45) is 2.44. The van der Waals surface area contributed by atoms with Crippen LogP contribution in [0.15, 0.2) is 29.8 Å². The number of nitrogens with zero attached hydrogens (tertiary/aromatic N) is 2. The number of hydrogen-bond donors (Lipinski definition) is 1. The van der Waals surface area contributed by atoms with Crippen LogP contribution in [-0.2, 0) is 11.2 Å². The largest absolute Gasteiger partial charge is 0.462 e. The normalized spacial score (nSPS) is 10.4. The Bertz CT molecular complexity index is 599. The summed E-state index contributed by atoms with van der Waals surface area (Å²) in [6, 6.07) is 5.83. The number of pyridine rings is 1. The van der Waals surface area contributed by atoms with Crippen LogP contribution in [0, 0.1) is 0 Å². The minimum atomic E-state index is -0.412. The van der Waals surface area contributed by atoms with Gasteiger partial charge in [0.1, 0.15) is 5.82 Å². The van der Waals surface area contributed by atoms with Gasteiger partial charge in [-0.05, 0) is 30.9 Å². The van der Waals surface area contributed by atoms with Gasteiger partial charge in [0, 0.05) is 18.5 Å². The van der Waals surface area contributed by atoms with Gasteiger partial charge < -0.3 is 15.4 Å². The molecule has 0 unspecified atom stereocenters. The molecule has 0 saturated carbocycles. The first-order chi connectivity index (χ1) is 10.1. The molecule has 112 valence electrons. The predicted octanol–water partition coefficient (Wildman–Crippen LogP) is 2.58. The number of ether oxygens (including phenoxy) is 1. The van der Waals surface area contributed by atoms with Gasteiger partial charge in [0.25, 0.3) is 0 Å². The number of thiophene rings is 1. The quantitative estimate of drug-likeness (QED) is 0.831. The standard InChI is InChI=1S/C15H19N3O2S/c1-3-20-15(19)12-9-14(17-10-13(12)16)18(2)7-6-11-5-4-8-21-11/h4-5,8-10H,3,6-7,16H2,1-2H3. The van der Waals surface area contributed by atoms with Crippen molar-refractivity contribution in [2.45, 2.75) is 13.3 Å². The Morgan fingerprint density at radius 1 is 1.52 bits per heavy atom. The number of nitrogen functional groups attached to an aromatic ring is 1. The topological polar surface area (TPSA) is 68.5 Å². The van der Waals surface area contributed by atoms with Crippen molar-refractivity contribution >= 4 is 28.8 Å². The Morgan fingerprint density at radius 3 is 3.00 bits per heavy atom. The Morgan fingerprint density at radius 2 is 2.33 bits per heavy atom. The first-order valence-electron chi connectivity index (χ1n) is 6.78. The third-order valence-electron chi connectivity index (χ3n) is 3.08. The molecule has 0 saturated heterocycles. The lowest BCUT2D eigenvalue weighted by molar-refractivity contribution is 0.0527. The fourth-order valence-electron chi connectivity index (χ4n) is 1.90. The molecule has 2 heterocycles. The highest BCUT2D eigenvalue weighted by Gasteiger charge is 2.14. The molecule has 2 aromatic rings. The van der Waals surface area contributed by atoms with Crippen LogP contribution in [0.25, 0.3) is 0 Å². The van der Waals surface area contributed by atoms with Crippen LogP contribution in [0.5, 0.6) is 0 Å². The van der Waals surface area contributed by atoms with E-state index in [-0.39, 0.29) is 0 Å². The van der Waals surface area contributed by atoms with E-state index in [1.807, 2.05) is 18.0 Å². The Hall–Kier alpha value is -2.08. The summed E-state index contributed by atoms with van der Waals surface area (Å²) < 4.78 is 5.00. The van der Waals surface area contributed by atoms with Crippen molar-refractivity contribution in [2.24, 2.45) is 0 Å². The zero-order valence-electron chi connectivity index (χ0n) is 12.2. The second-order valence-electron chi connectivity index (χ2n) is 4.60. The molecule has 0 bridgehead atoms. The van der Waals surface area contributed by atoms with E-state index in [2.05, 4.69) is 16.4 Å². The lowest BCUT2D eigenvalue weighted by Crippen LogP contribution is -2.22. The zero-order chi connectivity index (χ0) is 15.2. The van der Waals surface area contributed by atoms with E-state index in [1.165, 1.54) is 11.1 Å². The predicted molar refractivity (Wildman–Crippen MR) is 85.9 cm³/mol. The van der Waals surface area contributed by atoms with Crippen molar-refractivity contribution in [2.75, 3.05) is 30.8 Å². The maximum absolute atomic E-state index is 11.8. The number of hydrogen-bond acceptors (Lipinski definition) is 6. The Balaban J connectivity index is 2.08. The first-order valence-corrected chi connectivity index (χ1v) is 7.66. The molecule has 0 amide bonds. The van der Waals surface area contributed by atoms with Gasteiger partial charge in [-0.15, -0.1) is 11.3 Å². The number of carbonyl (C=O) groups is 1. The average Bonchev–Trinajstić information content (AvgIpc) is 2.98. The molecule has 0 atom stereocenters. The van der Waals surface area contributed by atoms with E-state index < -0.39 is 5.97 Å². The number of rotatable bonds is 6. The van der Waals surface area contributed by atoms with E-state index in [9.17, 15) is 4.79 Å². The van der Waals surface area contributed by atoms with Crippen LogP contribution in [0.1, 0.15) is 22.2 Å². The van der Waals surface area contributed by atoms with Gasteiger partial charge in [0.05, 0.1) is 24.1 Å². The van der Waals surface area contributed by atoms with Crippen LogP contribution in [0.2, 0.25) is 0 Å². The van der Waals surface area contributed by atoms with Gasteiger partial charge in [0.15, 0.2) is 0 Å². The number of nitrogens with two attached hydrogens (primary N) is 1. The van der Waals surface area contributed by atoms with E-state index in [0.29, 0.717) is 23.7 Å². The molecule has 2 rings (SSSR count). The van der Waals surface area contributed by atoms with Crippen molar-refractivity contribution in [3.63, 3.8) is 0 Å². The highest BCUT2D eigenvalue weighted by molar-refractivity contribution is 7.09. The smallest absolute Gasteiger partial charge is 0.340 e. The van der Waals surface area contributed by atoms with E-state index in [1.54, 1.807) is 24.3 Å². The van der Waals surface area contributed by atoms with Gasteiger partial charge in [-0.3, -0.25) is 0 Å². The molecule has 0 aliphatic carbocycles. The van der Waals surface area contributed by atoms with Gasteiger partial charge in [-0.25, -0.2) is 9.78 Å². The highest BCUT2D eigenvalue weighted by Crippen LogP contribution is 2.19. The van der Waals surface area contributed by atoms with Crippen molar-refractivity contribution in [3.05, 3.63) is 40.2 Å². The highest BCUT2D eigenvalue weighted by atomic mass is 32.1. The SMILES string of the molecule is CCOC(=O)c1cc(N(C)CCc2cccs2)ncc1N. The second kappa shape index (κ2) is 7.08. The molecule has 0 spiro atoms. The Labute approximate surface area is 128 Å². The molecule has 21 heavy (non-hydrogen) atoms. The number of anilines is 2. The summed E-state index contributed by atoms with van der Waals surface area (Å²) in [4.78, 5) is 19.4. The van der Waals surface area contributed by atoms with E-state index >= 15 is 0 Å².